The van der Waals surface area contributed by atoms with Crippen LogP contribution in [-0.2, 0) is 0 Å². The van der Waals surface area contributed by atoms with Crippen LogP contribution in [0.5, 0.6) is 0 Å². The highest BCUT2D eigenvalue weighted by atomic mass is 16.2. The van der Waals surface area contributed by atoms with Crippen molar-refractivity contribution in [2.75, 3.05) is 23.3 Å². The van der Waals surface area contributed by atoms with E-state index in [1.54, 1.807) is 6.20 Å². The number of hydrogen-bond acceptors (Lipinski definition) is 4. The fourth-order valence-corrected chi connectivity index (χ4v) is 3.43. The number of aromatic nitrogens is 3. The maximum atomic E-state index is 12.5. The van der Waals surface area contributed by atoms with Crippen LogP contribution in [0.1, 0.15) is 31.4 Å². The number of carbonyl (C=O) groups is 1. The number of rotatable bonds is 4. The third-order valence-electron chi connectivity index (χ3n) is 4.83. The highest BCUT2D eigenvalue weighted by molar-refractivity contribution is 5.92. The maximum Gasteiger partial charge on any atom is 0.323 e. The highest BCUT2D eigenvalue weighted by Crippen LogP contribution is 2.26. The van der Waals surface area contributed by atoms with Crippen molar-refractivity contribution in [3.05, 3.63) is 52.6 Å². The molecule has 1 aromatic carbocycles. The third kappa shape index (κ3) is 3.64. The molecule has 0 bridgehead atoms. The van der Waals surface area contributed by atoms with Crippen LogP contribution in [0.2, 0.25) is 0 Å². The van der Waals surface area contributed by atoms with Crippen molar-refractivity contribution in [3.8, 4) is 0 Å². The molecule has 140 valence electrons. The fourth-order valence-electron chi connectivity index (χ4n) is 3.43. The molecule has 4 rings (SSSR count). The molecule has 8 heteroatoms. The van der Waals surface area contributed by atoms with Gasteiger partial charge in [-0.05, 0) is 49.6 Å². The average molecular weight is 366 g/mol. The summed E-state index contributed by atoms with van der Waals surface area (Å²) in [5.41, 5.74) is 2.82. The summed E-state index contributed by atoms with van der Waals surface area (Å²) in [6.45, 7) is 3.81. The first kappa shape index (κ1) is 17.1. The van der Waals surface area contributed by atoms with Gasteiger partial charge >= 0.3 is 11.7 Å². The molecule has 1 atom stereocenters. The first-order valence-electron chi connectivity index (χ1n) is 9.09. The van der Waals surface area contributed by atoms with E-state index in [-0.39, 0.29) is 17.8 Å². The summed E-state index contributed by atoms with van der Waals surface area (Å²) in [7, 11) is 0. The Morgan fingerprint density at radius 1 is 1.19 bits per heavy atom. The lowest BCUT2D eigenvalue weighted by atomic mass is 10.1. The van der Waals surface area contributed by atoms with Crippen LogP contribution in [0.3, 0.4) is 0 Å². The Labute approximate surface area is 156 Å². The second-order valence-electron chi connectivity index (χ2n) is 6.77. The van der Waals surface area contributed by atoms with Gasteiger partial charge in [0.1, 0.15) is 0 Å². The van der Waals surface area contributed by atoms with Crippen LogP contribution in [-0.4, -0.2) is 34.1 Å². The smallest absolute Gasteiger partial charge is 0.323 e. The van der Waals surface area contributed by atoms with E-state index in [1.165, 1.54) is 0 Å². The van der Waals surface area contributed by atoms with Crippen molar-refractivity contribution >= 4 is 28.6 Å². The molecular formula is C19H22N6O2. The summed E-state index contributed by atoms with van der Waals surface area (Å²) in [5.74, 6) is 0.809. The predicted molar refractivity (Wildman–Crippen MR) is 105 cm³/mol. The van der Waals surface area contributed by atoms with Gasteiger partial charge in [-0.2, -0.15) is 0 Å². The van der Waals surface area contributed by atoms with Crippen molar-refractivity contribution in [3.63, 3.8) is 0 Å². The molecule has 0 radical (unpaired) electrons. The highest BCUT2D eigenvalue weighted by Gasteiger charge is 2.18. The number of anilines is 2. The molecule has 8 nitrogen and oxygen atoms in total. The number of carbonyl (C=O) groups excluding carboxylic acids is 1. The van der Waals surface area contributed by atoms with E-state index in [2.05, 4.69) is 30.5 Å². The Morgan fingerprint density at radius 3 is 2.78 bits per heavy atom. The molecule has 2 aromatic heterocycles. The number of hydrogen-bond donors (Lipinski definition) is 4. The van der Waals surface area contributed by atoms with E-state index < -0.39 is 0 Å². The molecule has 0 aliphatic carbocycles. The number of benzene rings is 1. The number of nitrogens with zero attached hydrogens (tertiary/aromatic N) is 2. The van der Waals surface area contributed by atoms with Gasteiger partial charge in [-0.1, -0.05) is 6.07 Å². The van der Waals surface area contributed by atoms with Crippen molar-refractivity contribution in [1.82, 2.24) is 20.3 Å². The van der Waals surface area contributed by atoms with Gasteiger partial charge in [0.25, 0.3) is 0 Å². The molecule has 27 heavy (non-hydrogen) atoms. The van der Waals surface area contributed by atoms with Crippen LogP contribution in [0.15, 0.2) is 41.3 Å². The van der Waals surface area contributed by atoms with Crippen LogP contribution < -0.4 is 21.2 Å². The third-order valence-corrected chi connectivity index (χ3v) is 4.83. The number of fused-ring (bicyclic) bond motifs is 1. The van der Waals surface area contributed by atoms with Crippen molar-refractivity contribution in [2.24, 2.45) is 0 Å². The molecule has 1 aliphatic heterocycles. The van der Waals surface area contributed by atoms with Crippen molar-refractivity contribution in [2.45, 2.75) is 25.8 Å². The van der Waals surface area contributed by atoms with E-state index in [0.717, 1.165) is 48.3 Å². The van der Waals surface area contributed by atoms with Gasteiger partial charge in [0.15, 0.2) is 5.82 Å². The predicted octanol–water partition coefficient (Wildman–Crippen LogP) is 2.73. The number of amides is 2. The minimum atomic E-state index is -0.293. The van der Waals surface area contributed by atoms with Crippen LogP contribution >= 0.6 is 0 Å². The summed E-state index contributed by atoms with van der Waals surface area (Å²) >= 11 is 0. The van der Waals surface area contributed by atoms with E-state index in [0.29, 0.717) is 5.69 Å². The lowest BCUT2D eigenvalue weighted by molar-refractivity contribution is 0.249. The first-order chi connectivity index (χ1) is 13.1. The van der Waals surface area contributed by atoms with Crippen LogP contribution in [0.4, 0.5) is 16.3 Å². The fraction of sp³-hybridized carbons (Fsp3) is 0.316. The zero-order chi connectivity index (χ0) is 18.8. The molecule has 1 fully saturated rings. The number of nitrogens with one attached hydrogen (secondary N) is 4. The quantitative estimate of drug-likeness (QED) is 0.570. The maximum absolute atomic E-state index is 12.5. The lowest BCUT2D eigenvalue weighted by Crippen LogP contribution is -2.32. The van der Waals surface area contributed by atoms with Gasteiger partial charge in [0.05, 0.1) is 22.8 Å². The number of H-pyrrole nitrogens is 2. The molecule has 0 unspecified atom stereocenters. The number of pyridine rings is 1. The van der Waals surface area contributed by atoms with E-state index in [9.17, 15) is 9.59 Å². The topological polar surface area (TPSA) is 106 Å². The van der Waals surface area contributed by atoms with E-state index >= 15 is 0 Å². The first-order valence-corrected chi connectivity index (χ1v) is 9.09. The molecule has 3 aromatic rings. The average Bonchev–Trinajstić information content (AvgIpc) is 3.29. The monoisotopic (exact) mass is 366 g/mol. The summed E-state index contributed by atoms with van der Waals surface area (Å²) in [4.78, 5) is 36.0. The van der Waals surface area contributed by atoms with Gasteiger partial charge in [0, 0.05) is 19.3 Å². The molecule has 1 saturated heterocycles. The minimum Gasteiger partial charge on any atom is -0.355 e. The van der Waals surface area contributed by atoms with Gasteiger partial charge < -0.3 is 25.5 Å². The van der Waals surface area contributed by atoms with Crippen LogP contribution in [0, 0.1) is 0 Å². The van der Waals surface area contributed by atoms with E-state index in [1.807, 2.05) is 37.3 Å². The summed E-state index contributed by atoms with van der Waals surface area (Å²) < 4.78 is 0. The Hall–Kier alpha value is -3.29. The Balaban J connectivity index is 1.46. The molecule has 4 N–H and O–H groups in total. The second kappa shape index (κ2) is 7.14. The van der Waals surface area contributed by atoms with Crippen LogP contribution in [0.25, 0.3) is 11.0 Å². The Kier molecular flexibility index (Phi) is 4.53. The number of aromatic amines is 2. The molecule has 0 saturated carbocycles. The molecule has 2 amide bonds. The SMILES string of the molecule is C[C@@H](NC(=O)Nc1cccnc1N1CCCC1)c1ccc2[nH]c(=O)[nH]c2c1. The summed E-state index contributed by atoms with van der Waals surface area (Å²) in [5, 5.41) is 5.85. The molecular weight excluding hydrogens is 344 g/mol. The molecule has 3 heterocycles. The second-order valence-corrected chi connectivity index (χ2v) is 6.77. The van der Waals surface area contributed by atoms with Gasteiger partial charge in [-0.3, -0.25) is 0 Å². The van der Waals surface area contributed by atoms with Crippen molar-refractivity contribution < 1.29 is 4.79 Å². The van der Waals surface area contributed by atoms with Gasteiger partial charge in [-0.15, -0.1) is 0 Å². The lowest BCUT2D eigenvalue weighted by Gasteiger charge is -2.21. The zero-order valence-corrected chi connectivity index (χ0v) is 15.1. The number of imidazole rings is 1. The summed E-state index contributed by atoms with van der Waals surface area (Å²) in [6.07, 6.45) is 4.03. The normalized spacial score (nSPS) is 15.1. The standard InChI is InChI=1S/C19H22N6O2/c1-12(13-6-7-14-16(11-13)24-19(27)22-14)21-18(26)23-15-5-4-8-20-17(15)25-9-2-3-10-25/h4-8,11-12H,2-3,9-10H2,1H3,(H2,21,23,26)(H2,22,24,27)/t12-/m1/s1. The molecule has 1 aliphatic rings. The largest absolute Gasteiger partial charge is 0.355 e. The minimum absolute atomic E-state index is 0.222. The van der Waals surface area contributed by atoms with E-state index in [4.69, 9.17) is 0 Å². The zero-order valence-electron chi connectivity index (χ0n) is 15.1. The van der Waals surface area contributed by atoms with Gasteiger partial charge in [-0.25, -0.2) is 14.6 Å². The van der Waals surface area contributed by atoms with Crippen molar-refractivity contribution in [1.29, 1.82) is 0 Å². The molecule has 0 spiro atoms. The summed E-state index contributed by atoms with van der Waals surface area (Å²) in [6, 6.07) is 8.73. The Bertz CT molecular complexity index is 1020. The van der Waals surface area contributed by atoms with Gasteiger partial charge in [0.2, 0.25) is 0 Å². The Morgan fingerprint density at radius 2 is 1.96 bits per heavy atom. The number of urea groups is 1.